The number of fused-ring (bicyclic) bond motifs is 5. The molecule has 2 heteroatoms. The predicted octanol–water partition coefficient (Wildman–Crippen LogP) is 4.51. The molecular formula is C20H27NO. The van der Waals surface area contributed by atoms with Gasteiger partial charge in [0.05, 0.1) is 12.0 Å². The third-order valence-electron chi connectivity index (χ3n) is 8.05. The molecule has 22 heavy (non-hydrogen) atoms. The quantitative estimate of drug-likeness (QED) is 0.617. The molecule has 0 N–H and O–H groups in total. The second kappa shape index (κ2) is 4.70. The van der Waals surface area contributed by atoms with Crippen molar-refractivity contribution in [2.45, 2.75) is 58.8 Å². The number of nitriles is 1. The molecule has 7 atom stereocenters. The minimum Gasteiger partial charge on any atom is -0.299 e. The summed E-state index contributed by atoms with van der Waals surface area (Å²) < 4.78 is 0. The largest absolute Gasteiger partial charge is 0.299 e. The number of hydrogen-bond donors (Lipinski definition) is 0. The van der Waals surface area contributed by atoms with Crippen LogP contribution in [-0.2, 0) is 4.79 Å². The van der Waals surface area contributed by atoms with E-state index in [9.17, 15) is 10.1 Å². The fraction of sp³-hybridized carbons (Fsp3) is 0.800. The van der Waals surface area contributed by atoms with E-state index in [4.69, 9.17) is 0 Å². The van der Waals surface area contributed by atoms with Crippen LogP contribution in [0.5, 0.6) is 0 Å². The number of carbonyl (C=O) groups excluding carboxylic acids is 1. The van der Waals surface area contributed by atoms with Gasteiger partial charge in [0, 0.05) is 12.3 Å². The van der Waals surface area contributed by atoms with E-state index in [1.807, 2.05) is 0 Å². The number of carbonyl (C=O) groups is 1. The summed E-state index contributed by atoms with van der Waals surface area (Å²) in [6.45, 7) is 4.62. The molecule has 0 saturated heterocycles. The SMILES string of the molecule is C[C@]12CC=CC[C@@H]1CC[C@H]1[C@@H]3CC[C@H](C#N)[C@@]3(C)CC(=O)[C@@H]12. The van der Waals surface area contributed by atoms with Crippen molar-refractivity contribution in [3.05, 3.63) is 12.2 Å². The van der Waals surface area contributed by atoms with E-state index in [-0.39, 0.29) is 22.7 Å². The molecule has 4 rings (SSSR count). The average molecular weight is 297 g/mol. The van der Waals surface area contributed by atoms with Crippen molar-refractivity contribution < 1.29 is 4.79 Å². The molecule has 0 heterocycles. The van der Waals surface area contributed by atoms with Crippen molar-refractivity contribution in [1.29, 1.82) is 5.26 Å². The van der Waals surface area contributed by atoms with Crippen molar-refractivity contribution >= 4 is 5.78 Å². The van der Waals surface area contributed by atoms with Crippen LogP contribution in [0.25, 0.3) is 0 Å². The van der Waals surface area contributed by atoms with Gasteiger partial charge in [-0.3, -0.25) is 4.79 Å². The first-order valence-electron chi connectivity index (χ1n) is 9.08. The molecule has 3 fully saturated rings. The first kappa shape index (κ1) is 14.5. The van der Waals surface area contributed by atoms with Crippen LogP contribution < -0.4 is 0 Å². The molecule has 0 bridgehead atoms. The summed E-state index contributed by atoms with van der Waals surface area (Å²) >= 11 is 0. The molecule has 0 amide bonds. The highest BCUT2D eigenvalue weighted by atomic mass is 16.1. The van der Waals surface area contributed by atoms with Crippen LogP contribution in [0, 0.1) is 51.8 Å². The average Bonchev–Trinajstić information content (AvgIpc) is 2.82. The number of ketones is 1. The van der Waals surface area contributed by atoms with Crippen molar-refractivity contribution in [1.82, 2.24) is 0 Å². The zero-order valence-corrected chi connectivity index (χ0v) is 13.8. The van der Waals surface area contributed by atoms with Crippen LogP contribution in [0.1, 0.15) is 58.8 Å². The van der Waals surface area contributed by atoms with Gasteiger partial charge in [0.15, 0.2) is 0 Å². The Morgan fingerprint density at radius 2 is 1.95 bits per heavy atom. The Hall–Kier alpha value is -1.10. The van der Waals surface area contributed by atoms with Crippen LogP contribution in [0.2, 0.25) is 0 Å². The number of rotatable bonds is 0. The van der Waals surface area contributed by atoms with Gasteiger partial charge in [-0.15, -0.1) is 0 Å². The molecule has 0 unspecified atom stereocenters. The number of Topliss-reactive ketones (excluding diaryl/α,β-unsaturated/α-hetero) is 1. The summed E-state index contributed by atoms with van der Waals surface area (Å²) in [4.78, 5) is 13.2. The Morgan fingerprint density at radius 3 is 2.73 bits per heavy atom. The smallest absolute Gasteiger partial charge is 0.137 e. The van der Waals surface area contributed by atoms with E-state index in [1.165, 1.54) is 19.3 Å². The van der Waals surface area contributed by atoms with Gasteiger partial charge in [0.2, 0.25) is 0 Å². The lowest BCUT2D eigenvalue weighted by Crippen LogP contribution is -2.56. The molecule has 3 saturated carbocycles. The monoisotopic (exact) mass is 297 g/mol. The van der Waals surface area contributed by atoms with Crippen molar-refractivity contribution in [3.63, 3.8) is 0 Å². The van der Waals surface area contributed by atoms with E-state index in [2.05, 4.69) is 32.1 Å². The lowest BCUT2D eigenvalue weighted by atomic mass is 9.45. The number of nitrogens with zero attached hydrogens (tertiary/aromatic N) is 1. The number of allylic oxidation sites excluding steroid dienone is 2. The molecular weight excluding hydrogens is 270 g/mol. The standard InChI is InChI=1S/C20H27NO/c1-19-10-4-3-5-13(19)6-8-15-16-9-7-14(12-21)20(16,2)11-17(22)18(15)19/h3-4,13-16,18H,5-11H2,1-2H3/t13-,14-,15+,16+,18-,19+,20-/m1/s1. The second-order valence-corrected chi connectivity index (χ2v) is 8.85. The molecule has 0 aromatic rings. The maximum Gasteiger partial charge on any atom is 0.137 e. The summed E-state index contributed by atoms with van der Waals surface area (Å²) in [6, 6.07) is 2.52. The minimum absolute atomic E-state index is 0.0410. The van der Waals surface area contributed by atoms with E-state index in [1.54, 1.807) is 0 Å². The molecule has 0 aromatic heterocycles. The Balaban J connectivity index is 1.73. The second-order valence-electron chi connectivity index (χ2n) is 8.85. The Labute approximate surface area is 134 Å². The van der Waals surface area contributed by atoms with Gasteiger partial charge in [0.1, 0.15) is 5.78 Å². The third kappa shape index (κ3) is 1.69. The van der Waals surface area contributed by atoms with Crippen molar-refractivity contribution in [2.75, 3.05) is 0 Å². The van der Waals surface area contributed by atoms with Gasteiger partial charge in [0.25, 0.3) is 0 Å². The Morgan fingerprint density at radius 1 is 1.14 bits per heavy atom. The van der Waals surface area contributed by atoms with Crippen molar-refractivity contribution in [3.8, 4) is 6.07 Å². The summed E-state index contributed by atoms with van der Waals surface area (Å²) in [5.41, 5.74) is 0.140. The fourth-order valence-corrected chi connectivity index (χ4v) is 6.87. The van der Waals surface area contributed by atoms with Gasteiger partial charge in [-0.2, -0.15) is 5.26 Å². The highest BCUT2D eigenvalue weighted by Crippen LogP contribution is 2.65. The summed E-state index contributed by atoms with van der Waals surface area (Å²) in [6.07, 6.45) is 12.2. The maximum atomic E-state index is 13.2. The van der Waals surface area contributed by atoms with Crippen LogP contribution in [-0.4, -0.2) is 5.78 Å². The molecule has 2 nitrogen and oxygen atoms in total. The summed E-state index contributed by atoms with van der Waals surface area (Å²) in [5, 5.41) is 9.52. The molecule has 118 valence electrons. The van der Waals surface area contributed by atoms with E-state index < -0.39 is 0 Å². The first-order chi connectivity index (χ1) is 10.5. The third-order valence-corrected chi connectivity index (χ3v) is 8.05. The lowest BCUT2D eigenvalue weighted by molar-refractivity contribution is -0.153. The highest BCUT2D eigenvalue weighted by molar-refractivity contribution is 5.84. The molecule has 0 aromatic carbocycles. The minimum atomic E-state index is -0.0410. The first-order valence-corrected chi connectivity index (χ1v) is 9.08. The topological polar surface area (TPSA) is 40.9 Å². The van der Waals surface area contributed by atoms with Crippen LogP contribution >= 0.6 is 0 Å². The Kier molecular flexibility index (Phi) is 3.09. The van der Waals surface area contributed by atoms with E-state index in [0.717, 1.165) is 19.3 Å². The molecule has 0 aliphatic heterocycles. The highest BCUT2D eigenvalue weighted by Gasteiger charge is 2.62. The van der Waals surface area contributed by atoms with Gasteiger partial charge >= 0.3 is 0 Å². The summed E-state index contributed by atoms with van der Waals surface area (Å²) in [7, 11) is 0. The van der Waals surface area contributed by atoms with Crippen LogP contribution in [0.15, 0.2) is 12.2 Å². The van der Waals surface area contributed by atoms with Gasteiger partial charge < -0.3 is 0 Å². The Bertz CT molecular complexity index is 573. The molecule has 4 aliphatic carbocycles. The van der Waals surface area contributed by atoms with Gasteiger partial charge in [-0.05, 0) is 67.1 Å². The lowest BCUT2D eigenvalue weighted by Gasteiger charge is -2.58. The molecule has 0 spiro atoms. The summed E-state index contributed by atoms with van der Waals surface area (Å²) in [5.74, 6) is 2.67. The maximum absolute atomic E-state index is 13.2. The predicted molar refractivity (Wildman–Crippen MR) is 85.7 cm³/mol. The van der Waals surface area contributed by atoms with Gasteiger partial charge in [-0.25, -0.2) is 0 Å². The van der Waals surface area contributed by atoms with Crippen LogP contribution in [0.4, 0.5) is 0 Å². The van der Waals surface area contributed by atoms with Crippen molar-refractivity contribution in [2.24, 2.45) is 40.4 Å². The van der Waals surface area contributed by atoms with E-state index >= 15 is 0 Å². The van der Waals surface area contributed by atoms with E-state index in [0.29, 0.717) is 30.0 Å². The van der Waals surface area contributed by atoms with Gasteiger partial charge in [-0.1, -0.05) is 26.0 Å². The molecule has 0 radical (unpaired) electrons. The zero-order chi connectivity index (χ0) is 15.5. The number of hydrogen-bond acceptors (Lipinski definition) is 2. The van der Waals surface area contributed by atoms with Crippen LogP contribution in [0.3, 0.4) is 0 Å². The molecule has 4 aliphatic rings. The fourth-order valence-electron chi connectivity index (χ4n) is 6.87. The normalized spacial score (nSPS) is 53.3. The zero-order valence-electron chi connectivity index (χ0n) is 13.8.